The summed E-state index contributed by atoms with van der Waals surface area (Å²) in [6, 6.07) is 3.87. The van der Waals surface area contributed by atoms with Gasteiger partial charge in [-0.05, 0) is 80.2 Å². The minimum absolute atomic E-state index is 0.0285. The van der Waals surface area contributed by atoms with E-state index in [4.69, 9.17) is 4.42 Å². The van der Waals surface area contributed by atoms with E-state index < -0.39 is 0 Å². The molecule has 3 nitrogen and oxygen atoms in total. The zero-order valence-electron chi connectivity index (χ0n) is 13.5. The lowest BCUT2D eigenvalue weighted by atomic mass is 9.47. The van der Waals surface area contributed by atoms with Gasteiger partial charge in [0.25, 0.3) is 5.91 Å². The normalized spacial score (nSPS) is 37.2. The molecule has 0 aliphatic heterocycles. The predicted octanol–water partition coefficient (Wildman–Crippen LogP) is 4.39. The van der Waals surface area contributed by atoms with Gasteiger partial charge in [0.2, 0.25) is 0 Å². The predicted molar refractivity (Wildman–Crippen MR) is 85.5 cm³/mol. The first-order valence-electron chi connectivity index (χ1n) is 9.03. The highest BCUT2D eigenvalue weighted by Gasteiger charge is 2.54. The molecule has 1 amide bonds. The van der Waals surface area contributed by atoms with Crippen LogP contribution in [-0.4, -0.2) is 11.9 Å². The maximum Gasteiger partial charge on any atom is 0.287 e. The van der Waals surface area contributed by atoms with E-state index in [1.165, 1.54) is 38.5 Å². The number of furan rings is 1. The molecule has 22 heavy (non-hydrogen) atoms. The molecule has 0 radical (unpaired) electrons. The fourth-order valence-corrected chi connectivity index (χ4v) is 6.06. The second kappa shape index (κ2) is 5.43. The molecule has 4 aliphatic carbocycles. The number of hydrogen-bond donors (Lipinski definition) is 1. The smallest absolute Gasteiger partial charge is 0.287 e. The lowest BCUT2D eigenvalue weighted by Gasteiger charge is -2.59. The van der Waals surface area contributed by atoms with Gasteiger partial charge in [0.05, 0.1) is 6.26 Å². The molecule has 1 atom stereocenters. The first-order valence-corrected chi connectivity index (χ1v) is 9.03. The highest BCUT2D eigenvalue weighted by molar-refractivity contribution is 5.91. The second-order valence-corrected chi connectivity index (χ2v) is 8.07. The van der Waals surface area contributed by atoms with Gasteiger partial charge in [0.1, 0.15) is 0 Å². The number of carbonyl (C=O) groups is 1. The van der Waals surface area contributed by atoms with E-state index in [-0.39, 0.29) is 5.91 Å². The number of rotatable bonds is 5. The summed E-state index contributed by atoms with van der Waals surface area (Å²) in [5.41, 5.74) is 0.368. The van der Waals surface area contributed by atoms with Crippen LogP contribution >= 0.6 is 0 Å². The van der Waals surface area contributed by atoms with Crippen LogP contribution in [0.15, 0.2) is 22.8 Å². The largest absolute Gasteiger partial charge is 0.459 e. The molecule has 5 rings (SSSR count). The van der Waals surface area contributed by atoms with Gasteiger partial charge in [-0.2, -0.15) is 0 Å². The van der Waals surface area contributed by atoms with Crippen molar-refractivity contribution in [3.05, 3.63) is 24.2 Å². The van der Waals surface area contributed by atoms with Gasteiger partial charge >= 0.3 is 0 Å². The van der Waals surface area contributed by atoms with Crippen molar-refractivity contribution in [2.45, 2.75) is 64.3 Å². The lowest BCUT2D eigenvalue weighted by Crippen LogP contribution is -2.56. The van der Waals surface area contributed by atoms with Crippen LogP contribution in [0.4, 0.5) is 0 Å². The Bertz CT molecular complexity index is 498. The Morgan fingerprint density at radius 1 is 1.27 bits per heavy atom. The molecule has 0 saturated heterocycles. The molecule has 0 aromatic carbocycles. The first kappa shape index (κ1) is 14.3. The average molecular weight is 301 g/mol. The van der Waals surface area contributed by atoms with Crippen molar-refractivity contribution in [1.29, 1.82) is 0 Å². The Kier molecular flexibility index (Phi) is 3.54. The summed E-state index contributed by atoms with van der Waals surface area (Å²) >= 11 is 0. The highest BCUT2D eigenvalue weighted by Crippen LogP contribution is 2.61. The van der Waals surface area contributed by atoms with Crippen molar-refractivity contribution >= 4 is 5.91 Å². The molecule has 0 spiro atoms. The van der Waals surface area contributed by atoms with Crippen molar-refractivity contribution in [3.8, 4) is 0 Å². The summed E-state index contributed by atoms with van der Waals surface area (Å²) in [6.07, 6.45) is 12.2. The first-order chi connectivity index (χ1) is 10.7. The van der Waals surface area contributed by atoms with Crippen LogP contribution in [-0.2, 0) is 0 Å². The summed E-state index contributed by atoms with van der Waals surface area (Å²) in [5, 5.41) is 3.34. The number of hydrogen-bond acceptors (Lipinski definition) is 2. The zero-order chi connectivity index (χ0) is 15.2. The monoisotopic (exact) mass is 301 g/mol. The van der Waals surface area contributed by atoms with E-state index >= 15 is 0 Å². The summed E-state index contributed by atoms with van der Waals surface area (Å²) < 4.78 is 5.28. The molecule has 4 bridgehead atoms. The van der Waals surface area contributed by atoms with Crippen LogP contribution in [0, 0.1) is 23.2 Å². The summed E-state index contributed by atoms with van der Waals surface area (Å²) in [4.78, 5) is 12.5. The van der Waals surface area contributed by atoms with Gasteiger partial charge in [0.15, 0.2) is 5.76 Å². The minimum atomic E-state index is -0.0285. The zero-order valence-corrected chi connectivity index (χ0v) is 13.5. The molecule has 4 fully saturated rings. The molecule has 1 aromatic heterocycles. The van der Waals surface area contributed by atoms with E-state index in [1.54, 1.807) is 18.4 Å². The maximum atomic E-state index is 12.5. The lowest BCUT2D eigenvalue weighted by molar-refractivity contribution is -0.0737. The van der Waals surface area contributed by atoms with Crippen LogP contribution in [0.5, 0.6) is 0 Å². The van der Waals surface area contributed by atoms with E-state index in [0.29, 0.717) is 17.2 Å². The van der Waals surface area contributed by atoms with Crippen LogP contribution < -0.4 is 5.32 Å². The third-order valence-corrected chi connectivity index (χ3v) is 6.45. The van der Waals surface area contributed by atoms with Crippen molar-refractivity contribution in [2.24, 2.45) is 23.2 Å². The number of carbonyl (C=O) groups excluding carboxylic acids is 1. The quantitative estimate of drug-likeness (QED) is 0.876. The summed E-state index contributed by atoms with van der Waals surface area (Å²) in [5.74, 6) is 3.19. The molecule has 4 aliphatic rings. The Hall–Kier alpha value is -1.25. The van der Waals surface area contributed by atoms with E-state index in [0.717, 1.165) is 30.6 Å². The van der Waals surface area contributed by atoms with Crippen LogP contribution in [0.3, 0.4) is 0 Å². The van der Waals surface area contributed by atoms with Crippen molar-refractivity contribution in [1.82, 2.24) is 5.32 Å². The van der Waals surface area contributed by atoms with Crippen molar-refractivity contribution in [3.63, 3.8) is 0 Å². The molecule has 1 heterocycles. The minimum Gasteiger partial charge on any atom is -0.459 e. The van der Waals surface area contributed by atoms with E-state index in [1.807, 2.05) is 0 Å². The number of nitrogens with one attached hydrogen (secondary N) is 1. The van der Waals surface area contributed by atoms with Gasteiger partial charge in [0, 0.05) is 6.04 Å². The Morgan fingerprint density at radius 3 is 2.41 bits per heavy atom. The van der Waals surface area contributed by atoms with Gasteiger partial charge in [-0.1, -0.05) is 13.3 Å². The van der Waals surface area contributed by atoms with Gasteiger partial charge in [-0.25, -0.2) is 0 Å². The van der Waals surface area contributed by atoms with Gasteiger partial charge < -0.3 is 9.73 Å². The summed E-state index contributed by atoms with van der Waals surface area (Å²) in [7, 11) is 0. The molecule has 120 valence electrons. The highest BCUT2D eigenvalue weighted by atomic mass is 16.3. The Balaban J connectivity index is 1.55. The number of amides is 1. The Morgan fingerprint density at radius 2 is 1.91 bits per heavy atom. The topological polar surface area (TPSA) is 42.2 Å². The van der Waals surface area contributed by atoms with Crippen LogP contribution in [0.2, 0.25) is 0 Å². The fraction of sp³-hybridized carbons (Fsp3) is 0.737. The molecule has 4 saturated carbocycles. The third-order valence-electron chi connectivity index (χ3n) is 6.45. The molecule has 1 N–H and O–H groups in total. The van der Waals surface area contributed by atoms with Crippen molar-refractivity contribution < 1.29 is 9.21 Å². The standard InChI is InChI=1S/C19H27NO2/c1-2-4-17(20-18(21)16-5-3-6-22-16)19-10-13-7-14(11-19)9-15(8-13)12-19/h3,5-6,13-15,17H,2,4,7-12H2,1H3,(H,20,21)/t13?,14?,15?,17-,19?/m0/s1. The fourth-order valence-electron chi connectivity index (χ4n) is 6.06. The summed E-state index contributed by atoms with van der Waals surface area (Å²) in [6.45, 7) is 2.23. The van der Waals surface area contributed by atoms with Crippen LogP contribution in [0.1, 0.15) is 68.8 Å². The van der Waals surface area contributed by atoms with Crippen molar-refractivity contribution in [2.75, 3.05) is 0 Å². The SMILES string of the molecule is CCC[C@H](NC(=O)c1ccco1)C12CC3CC(CC(C3)C1)C2. The maximum absolute atomic E-state index is 12.5. The molecular weight excluding hydrogens is 274 g/mol. The Labute approximate surface area is 132 Å². The molecule has 0 unspecified atom stereocenters. The third kappa shape index (κ3) is 2.39. The molecule has 1 aromatic rings. The van der Waals surface area contributed by atoms with E-state index in [2.05, 4.69) is 12.2 Å². The molecular formula is C19H27NO2. The van der Waals surface area contributed by atoms with Crippen LogP contribution in [0.25, 0.3) is 0 Å². The average Bonchev–Trinajstić information content (AvgIpc) is 2.99. The van der Waals surface area contributed by atoms with Gasteiger partial charge in [-0.3, -0.25) is 4.79 Å². The van der Waals surface area contributed by atoms with Gasteiger partial charge in [-0.15, -0.1) is 0 Å². The van der Waals surface area contributed by atoms with E-state index in [9.17, 15) is 4.79 Å². The second-order valence-electron chi connectivity index (χ2n) is 8.07. The molecule has 3 heteroatoms.